The molecule has 0 bridgehead atoms. The molecule has 0 aliphatic rings. The zero-order valence-corrected chi connectivity index (χ0v) is 10.4. The molecule has 0 radical (unpaired) electrons. The first-order valence-electron chi connectivity index (χ1n) is 4.16. The smallest absolute Gasteiger partial charge is 0.131 e. The fraction of sp³-hybridized carbons (Fsp3) is 0.444. The molecule has 0 aliphatic carbocycles. The van der Waals surface area contributed by atoms with Gasteiger partial charge in [-0.15, -0.1) is 0 Å². The number of nitrogens with zero attached hydrogens (tertiary/aromatic N) is 1. The maximum Gasteiger partial charge on any atom is 0.131 e. The predicted octanol–water partition coefficient (Wildman–Crippen LogP) is 2.68. The van der Waals surface area contributed by atoms with E-state index in [1.54, 1.807) is 26.1 Å². The van der Waals surface area contributed by atoms with Crippen LogP contribution in [0.1, 0.15) is 13.8 Å². The summed E-state index contributed by atoms with van der Waals surface area (Å²) in [5.74, 6) is 0. The molecule has 3 nitrogen and oxygen atoms in total. The molecule has 1 aromatic heterocycles. The van der Waals surface area contributed by atoms with Crippen LogP contribution in [0.15, 0.2) is 16.7 Å². The van der Waals surface area contributed by atoms with Crippen molar-refractivity contribution in [1.82, 2.24) is 4.98 Å². The Labute approximate surface area is 96.6 Å². The van der Waals surface area contributed by atoms with E-state index >= 15 is 0 Å². The number of pyridine rings is 1. The number of hydrogen-bond acceptors (Lipinski definition) is 3. The molecule has 0 unspecified atom stereocenters. The summed E-state index contributed by atoms with van der Waals surface area (Å²) in [4.78, 5) is 3.90. The van der Waals surface area contributed by atoms with Crippen molar-refractivity contribution in [2.24, 2.45) is 0 Å². The Bertz CT molecular complexity index is 325. The number of hydrogen-bond donors (Lipinski definition) is 2. The zero-order valence-electron chi connectivity index (χ0n) is 8.01. The highest BCUT2D eigenvalue weighted by Crippen LogP contribution is 2.24. The number of rotatable bonds is 3. The van der Waals surface area contributed by atoms with Crippen molar-refractivity contribution in [3.63, 3.8) is 0 Å². The third kappa shape index (κ3) is 3.82. The van der Waals surface area contributed by atoms with Crippen molar-refractivity contribution in [2.45, 2.75) is 19.4 Å². The van der Waals surface area contributed by atoms with Gasteiger partial charge in [0, 0.05) is 12.7 Å². The van der Waals surface area contributed by atoms with E-state index in [-0.39, 0.29) is 0 Å². The summed E-state index contributed by atoms with van der Waals surface area (Å²) in [5, 5.41) is 13.0. The van der Waals surface area contributed by atoms with Crippen molar-refractivity contribution < 1.29 is 5.11 Å². The molecule has 1 aromatic rings. The normalized spacial score (nSPS) is 11.5. The Hall–Kier alpha value is -0.320. The maximum atomic E-state index is 9.51. The molecule has 14 heavy (non-hydrogen) atoms. The molecule has 1 heterocycles. The van der Waals surface area contributed by atoms with Gasteiger partial charge in [-0.2, -0.15) is 0 Å². The van der Waals surface area contributed by atoms with Crippen LogP contribution in [0.25, 0.3) is 0 Å². The molecule has 0 amide bonds. The van der Waals surface area contributed by atoms with Crippen LogP contribution in [0.4, 0.5) is 5.69 Å². The summed E-state index contributed by atoms with van der Waals surface area (Å²) < 4.78 is 0.825. The average molecular weight is 280 g/mol. The second-order valence-corrected chi connectivity index (χ2v) is 4.89. The Balaban J connectivity index is 2.72. The highest BCUT2D eigenvalue weighted by atomic mass is 79.9. The number of aliphatic hydroxyl groups is 1. The lowest BCUT2D eigenvalue weighted by Crippen LogP contribution is -2.29. The second-order valence-electron chi connectivity index (χ2n) is 3.65. The summed E-state index contributed by atoms with van der Waals surface area (Å²) in [6, 6.07) is 1.71. The molecule has 0 saturated carbocycles. The number of halogens is 2. The largest absolute Gasteiger partial charge is 0.389 e. The van der Waals surface area contributed by atoms with Gasteiger partial charge in [0.25, 0.3) is 0 Å². The Kier molecular flexibility index (Phi) is 3.75. The van der Waals surface area contributed by atoms with Gasteiger partial charge in [0.05, 0.1) is 15.8 Å². The quantitative estimate of drug-likeness (QED) is 0.836. The highest BCUT2D eigenvalue weighted by Gasteiger charge is 2.12. The first-order chi connectivity index (χ1) is 6.38. The van der Waals surface area contributed by atoms with Crippen LogP contribution >= 0.6 is 27.5 Å². The van der Waals surface area contributed by atoms with Gasteiger partial charge in [0.2, 0.25) is 0 Å². The summed E-state index contributed by atoms with van der Waals surface area (Å²) in [7, 11) is 0. The number of nitrogens with one attached hydrogen (secondary N) is 1. The molecule has 0 spiro atoms. The van der Waals surface area contributed by atoms with Gasteiger partial charge in [-0.05, 0) is 35.8 Å². The molecule has 5 heteroatoms. The molecular weight excluding hydrogens is 267 g/mol. The van der Waals surface area contributed by atoms with Gasteiger partial charge in [-0.3, -0.25) is 0 Å². The summed E-state index contributed by atoms with van der Waals surface area (Å²) in [6.45, 7) is 3.92. The molecule has 78 valence electrons. The Morgan fingerprint density at radius 3 is 2.86 bits per heavy atom. The second kappa shape index (κ2) is 4.47. The van der Waals surface area contributed by atoms with Crippen LogP contribution in [-0.2, 0) is 0 Å². The van der Waals surface area contributed by atoms with Gasteiger partial charge < -0.3 is 10.4 Å². The minimum Gasteiger partial charge on any atom is -0.389 e. The molecular formula is C9H12BrClN2O. The van der Waals surface area contributed by atoms with Crippen molar-refractivity contribution in [3.05, 3.63) is 21.9 Å². The van der Waals surface area contributed by atoms with Gasteiger partial charge >= 0.3 is 0 Å². The zero-order chi connectivity index (χ0) is 10.8. The fourth-order valence-electron chi connectivity index (χ4n) is 0.860. The molecule has 0 fully saturated rings. The average Bonchev–Trinajstić information content (AvgIpc) is 2.05. The van der Waals surface area contributed by atoms with E-state index < -0.39 is 5.60 Å². The predicted molar refractivity (Wildman–Crippen MR) is 61.7 cm³/mol. The van der Waals surface area contributed by atoms with Crippen molar-refractivity contribution >= 4 is 33.2 Å². The maximum absolute atomic E-state index is 9.51. The molecule has 0 aliphatic heterocycles. The third-order valence-corrected chi connectivity index (χ3v) is 2.37. The van der Waals surface area contributed by atoms with Crippen LogP contribution in [0, 0.1) is 0 Å². The van der Waals surface area contributed by atoms with Crippen LogP contribution in [0.2, 0.25) is 5.15 Å². The van der Waals surface area contributed by atoms with Gasteiger partial charge in [-0.1, -0.05) is 11.6 Å². The Morgan fingerprint density at radius 2 is 2.29 bits per heavy atom. The molecule has 0 aromatic carbocycles. The topological polar surface area (TPSA) is 45.1 Å². The molecule has 0 saturated heterocycles. The van der Waals surface area contributed by atoms with Gasteiger partial charge in [-0.25, -0.2) is 4.98 Å². The monoisotopic (exact) mass is 278 g/mol. The van der Waals surface area contributed by atoms with Crippen LogP contribution < -0.4 is 5.32 Å². The lowest BCUT2D eigenvalue weighted by atomic mass is 10.1. The van der Waals surface area contributed by atoms with E-state index in [1.807, 2.05) is 0 Å². The van der Waals surface area contributed by atoms with Gasteiger partial charge in [0.15, 0.2) is 0 Å². The van der Waals surface area contributed by atoms with Gasteiger partial charge in [0.1, 0.15) is 5.15 Å². The van der Waals surface area contributed by atoms with Crippen molar-refractivity contribution in [3.8, 4) is 0 Å². The first-order valence-corrected chi connectivity index (χ1v) is 5.33. The third-order valence-electron chi connectivity index (χ3n) is 1.53. The molecule has 1 rings (SSSR count). The van der Waals surface area contributed by atoms with E-state index in [9.17, 15) is 5.11 Å². The summed E-state index contributed by atoms with van der Waals surface area (Å²) in [5.41, 5.74) is 0.0713. The van der Waals surface area contributed by atoms with E-state index in [2.05, 4.69) is 26.2 Å². The van der Waals surface area contributed by atoms with E-state index in [4.69, 9.17) is 11.6 Å². The van der Waals surface area contributed by atoms with Crippen molar-refractivity contribution in [2.75, 3.05) is 11.9 Å². The first kappa shape index (κ1) is 11.8. The number of aromatic nitrogens is 1. The standard InChI is InChI=1S/C9H12BrClN2O/c1-9(2,14)5-13-7-3-8(11)12-4-6(7)10/h3-4,14H,5H2,1-2H3,(H,12,13). The SMILES string of the molecule is CC(C)(O)CNc1cc(Cl)ncc1Br. The Morgan fingerprint density at radius 1 is 1.64 bits per heavy atom. The fourth-order valence-corrected chi connectivity index (χ4v) is 1.38. The lowest BCUT2D eigenvalue weighted by Gasteiger charge is -2.19. The van der Waals surface area contributed by atoms with E-state index in [0.29, 0.717) is 11.7 Å². The van der Waals surface area contributed by atoms with Crippen LogP contribution in [-0.4, -0.2) is 22.2 Å². The summed E-state index contributed by atoms with van der Waals surface area (Å²) >= 11 is 9.07. The minimum atomic E-state index is -0.755. The van der Waals surface area contributed by atoms with E-state index in [1.165, 1.54) is 0 Å². The highest BCUT2D eigenvalue weighted by molar-refractivity contribution is 9.10. The number of anilines is 1. The molecule has 0 atom stereocenters. The van der Waals surface area contributed by atoms with Crippen molar-refractivity contribution in [1.29, 1.82) is 0 Å². The molecule has 2 N–H and O–H groups in total. The minimum absolute atomic E-state index is 0.423. The van der Waals surface area contributed by atoms with E-state index in [0.717, 1.165) is 10.2 Å². The lowest BCUT2D eigenvalue weighted by molar-refractivity contribution is 0.0945. The van der Waals surface area contributed by atoms with Crippen LogP contribution in [0.3, 0.4) is 0 Å². The summed E-state index contributed by atoms with van der Waals surface area (Å²) in [6.07, 6.45) is 1.62. The van der Waals surface area contributed by atoms with Crippen LogP contribution in [0.5, 0.6) is 0 Å².